The lowest BCUT2D eigenvalue weighted by molar-refractivity contribution is -0.146. The zero-order valence-corrected chi connectivity index (χ0v) is 8.99. The molecule has 0 saturated heterocycles. The van der Waals surface area contributed by atoms with Crippen LogP contribution >= 0.6 is 0 Å². The monoisotopic (exact) mass is 211 g/mol. The molecule has 0 bridgehead atoms. The first-order valence-electron chi connectivity index (χ1n) is 5.18. The summed E-state index contributed by atoms with van der Waals surface area (Å²) in [7, 11) is 1.41. The summed E-state index contributed by atoms with van der Waals surface area (Å²) >= 11 is 0. The fourth-order valence-corrected chi connectivity index (χ4v) is 1.90. The van der Waals surface area contributed by atoms with Gasteiger partial charge >= 0.3 is 5.97 Å². The van der Waals surface area contributed by atoms with Crippen LogP contribution in [0.25, 0.3) is 0 Å². The standard InChI is InChI=1S/C11H17NO3/c1-3-10(13)12-9-6-4-8(5-7-9)11(14)15-2/h3,8-9H,1,4-7H2,2H3,(H,12,13). The molecule has 0 aliphatic heterocycles. The SMILES string of the molecule is C=CC(=O)NC1CCC(C(=O)OC)CC1. The number of amides is 1. The summed E-state index contributed by atoms with van der Waals surface area (Å²) in [5, 5.41) is 2.84. The van der Waals surface area contributed by atoms with Crippen molar-refractivity contribution >= 4 is 11.9 Å². The van der Waals surface area contributed by atoms with E-state index in [1.165, 1.54) is 13.2 Å². The van der Waals surface area contributed by atoms with Crippen LogP contribution in [-0.2, 0) is 14.3 Å². The molecule has 4 nitrogen and oxygen atoms in total. The minimum atomic E-state index is -0.142. The molecule has 0 aromatic heterocycles. The largest absolute Gasteiger partial charge is 0.469 e. The Labute approximate surface area is 89.7 Å². The van der Waals surface area contributed by atoms with Gasteiger partial charge in [-0.25, -0.2) is 0 Å². The minimum absolute atomic E-state index is 0.00637. The molecular weight excluding hydrogens is 194 g/mol. The molecular formula is C11H17NO3. The lowest BCUT2D eigenvalue weighted by Gasteiger charge is -2.27. The molecule has 0 heterocycles. The Bertz CT molecular complexity index is 255. The minimum Gasteiger partial charge on any atom is -0.469 e. The van der Waals surface area contributed by atoms with Gasteiger partial charge in [-0.05, 0) is 31.8 Å². The second-order valence-electron chi connectivity index (χ2n) is 3.78. The van der Waals surface area contributed by atoms with E-state index in [2.05, 4.69) is 16.6 Å². The van der Waals surface area contributed by atoms with E-state index in [-0.39, 0.29) is 23.8 Å². The van der Waals surface area contributed by atoms with E-state index in [1.54, 1.807) is 0 Å². The zero-order valence-electron chi connectivity index (χ0n) is 8.99. The number of carbonyl (C=O) groups excluding carboxylic acids is 2. The Kier molecular flexibility index (Phi) is 4.34. The van der Waals surface area contributed by atoms with Gasteiger partial charge in [0.25, 0.3) is 0 Å². The van der Waals surface area contributed by atoms with Crippen molar-refractivity contribution in [3.05, 3.63) is 12.7 Å². The summed E-state index contributed by atoms with van der Waals surface area (Å²) in [5.41, 5.74) is 0. The highest BCUT2D eigenvalue weighted by molar-refractivity contribution is 5.87. The maximum absolute atomic E-state index is 11.2. The molecule has 0 radical (unpaired) electrons. The molecule has 84 valence electrons. The normalized spacial score (nSPS) is 25.4. The van der Waals surface area contributed by atoms with E-state index in [1.807, 2.05) is 0 Å². The average molecular weight is 211 g/mol. The lowest BCUT2D eigenvalue weighted by Crippen LogP contribution is -2.38. The number of ether oxygens (including phenoxy) is 1. The predicted octanol–water partition coefficient (Wildman–Crippen LogP) is 1.02. The highest BCUT2D eigenvalue weighted by Gasteiger charge is 2.27. The smallest absolute Gasteiger partial charge is 0.308 e. The molecule has 0 atom stereocenters. The van der Waals surface area contributed by atoms with Gasteiger partial charge < -0.3 is 10.1 Å². The van der Waals surface area contributed by atoms with Crippen LogP contribution in [0.5, 0.6) is 0 Å². The van der Waals surface area contributed by atoms with Crippen molar-refractivity contribution in [3.63, 3.8) is 0 Å². The summed E-state index contributed by atoms with van der Waals surface area (Å²) in [6.45, 7) is 3.40. The van der Waals surface area contributed by atoms with Gasteiger partial charge in [-0.1, -0.05) is 6.58 Å². The maximum Gasteiger partial charge on any atom is 0.308 e. The maximum atomic E-state index is 11.2. The van der Waals surface area contributed by atoms with Crippen molar-refractivity contribution in [2.75, 3.05) is 7.11 Å². The molecule has 1 aliphatic carbocycles. The number of rotatable bonds is 3. The number of esters is 1. The number of methoxy groups -OCH3 is 1. The molecule has 1 fully saturated rings. The number of carbonyl (C=O) groups is 2. The third-order valence-electron chi connectivity index (χ3n) is 2.79. The first-order chi connectivity index (χ1) is 7.17. The summed E-state index contributed by atoms with van der Waals surface area (Å²) in [5.74, 6) is -0.271. The molecule has 0 aromatic carbocycles. The van der Waals surface area contributed by atoms with Gasteiger partial charge in [0.05, 0.1) is 13.0 Å². The highest BCUT2D eigenvalue weighted by Crippen LogP contribution is 2.25. The molecule has 0 unspecified atom stereocenters. The fourth-order valence-electron chi connectivity index (χ4n) is 1.90. The average Bonchev–Trinajstić information content (AvgIpc) is 2.29. The Morgan fingerprint density at radius 1 is 1.33 bits per heavy atom. The van der Waals surface area contributed by atoms with Gasteiger partial charge in [0, 0.05) is 6.04 Å². The van der Waals surface area contributed by atoms with Crippen LogP contribution in [0.15, 0.2) is 12.7 Å². The molecule has 0 aromatic rings. The molecule has 1 saturated carbocycles. The van der Waals surface area contributed by atoms with E-state index in [0.717, 1.165) is 25.7 Å². The predicted molar refractivity (Wildman–Crippen MR) is 56.1 cm³/mol. The summed E-state index contributed by atoms with van der Waals surface area (Å²) in [4.78, 5) is 22.3. The number of hydrogen-bond donors (Lipinski definition) is 1. The first-order valence-corrected chi connectivity index (χ1v) is 5.18. The second-order valence-corrected chi connectivity index (χ2v) is 3.78. The molecule has 1 N–H and O–H groups in total. The van der Waals surface area contributed by atoms with Crippen LogP contribution in [0.3, 0.4) is 0 Å². The third kappa shape index (κ3) is 3.38. The number of hydrogen-bond acceptors (Lipinski definition) is 3. The van der Waals surface area contributed by atoms with Gasteiger partial charge in [0.2, 0.25) is 5.91 Å². The summed E-state index contributed by atoms with van der Waals surface area (Å²) in [6.07, 6.45) is 4.51. The molecule has 1 aliphatic rings. The van der Waals surface area contributed by atoms with Crippen molar-refractivity contribution < 1.29 is 14.3 Å². The Hall–Kier alpha value is -1.32. The lowest BCUT2D eigenvalue weighted by atomic mass is 9.86. The first kappa shape index (κ1) is 11.8. The Morgan fingerprint density at radius 3 is 2.40 bits per heavy atom. The second kappa shape index (κ2) is 5.53. The molecule has 0 spiro atoms. The Morgan fingerprint density at radius 2 is 1.93 bits per heavy atom. The van der Waals surface area contributed by atoms with Crippen molar-refractivity contribution in [1.82, 2.24) is 5.32 Å². The molecule has 15 heavy (non-hydrogen) atoms. The molecule has 1 rings (SSSR count). The van der Waals surface area contributed by atoms with Gasteiger partial charge in [-0.15, -0.1) is 0 Å². The van der Waals surface area contributed by atoms with E-state index in [0.29, 0.717) is 0 Å². The van der Waals surface area contributed by atoms with Crippen LogP contribution in [0.4, 0.5) is 0 Å². The molecule has 4 heteroatoms. The van der Waals surface area contributed by atoms with Crippen LogP contribution < -0.4 is 5.32 Å². The van der Waals surface area contributed by atoms with Crippen LogP contribution in [0, 0.1) is 5.92 Å². The van der Waals surface area contributed by atoms with E-state index >= 15 is 0 Å². The highest BCUT2D eigenvalue weighted by atomic mass is 16.5. The van der Waals surface area contributed by atoms with Crippen LogP contribution in [0.1, 0.15) is 25.7 Å². The van der Waals surface area contributed by atoms with E-state index in [4.69, 9.17) is 0 Å². The quantitative estimate of drug-likeness (QED) is 0.560. The fraction of sp³-hybridized carbons (Fsp3) is 0.636. The molecule has 1 amide bonds. The van der Waals surface area contributed by atoms with Crippen molar-refractivity contribution in [3.8, 4) is 0 Å². The van der Waals surface area contributed by atoms with Gasteiger partial charge in [0.15, 0.2) is 0 Å². The topological polar surface area (TPSA) is 55.4 Å². The Balaban J connectivity index is 2.32. The summed E-state index contributed by atoms with van der Waals surface area (Å²) in [6, 6.07) is 0.177. The van der Waals surface area contributed by atoms with Gasteiger partial charge in [0.1, 0.15) is 0 Å². The van der Waals surface area contributed by atoms with E-state index < -0.39 is 0 Å². The van der Waals surface area contributed by atoms with Crippen LogP contribution in [0.2, 0.25) is 0 Å². The zero-order chi connectivity index (χ0) is 11.3. The number of nitrogens with one attached hydrogen (secondary N) is 1. The van der Waals surface area contributed by atoms with Crippen LogP contribution in [-0.4, -0.2) is 25.0 Å². The van der Waals surface area contributed by atoms with E-state index in [9.17, 15) is 9.59 Å². The van der Waals surface area contributed by atoms with Crippen molar-refractivity contribution in [2.45, 2.75) is 31.7 Å². The summed E-state index contributed by atoms with van der Waals surface area (Å²) < 4.78 is 4.68. The third-order valence-corrected chi connectivity index (χ3v) is 2.79. The van der Waals surface area contributed by atoms with Crippen molar-refractivity contribution in [2.24, 2.45) is 5.92 Å². The van der Waals surface area contributed by atoms with Gasteiger partial charge in [-0.3, -0.25) is 9.59 Å². The van der Waals surface area contributed by atoms with Gasteiger partial charge in [-0.2, -0.15) is 0 Å². The van der Waals surface area contributed by atoms with Crippen molar-refractivity contribution in [1.29, 1.82) is 0 Å².